The Kier molecular flexibility index (Phi) is 5.02. The van der Waals surface area contributed by atoms with Crippen LogP contribution in [-0.2, 0) is 0 Å². The number of aryl methyl sites for hydroxylation is 1. The number of hydrogen-bond acceptors (Lipinski definition) is 2. The van der Waals surface area contributed by atoms with Crippen molar-refractivity contribution in [2.45, 2.75) is 32.7 Å². The Bertz CT molecular complexity index is 406. The van der Waals surface area contributed by atoms with Gasteiger partial charge in [0.15, 0.2) is 0 Å². The highest BCUT2D eigenvalue weighted by atomic mass is 16.2. The fraction of sp³-hybridized carbons (Fsp3) is 0.385. The summed E-state index contributed by atoms with van der Waals surface area (Å²) in [5, 5.41) is 14.1. The van der Waals surface area contributed by atoms with Crippen LogP contribution >= 0.6 is 0 Å². The van der Waals surface area contributed by atoms with Crippen molar-refractivity contribution in [1.29, 1.82) is 5.26 Å². The van der Waals surface area contributed by atoms with Crippen molar-refractivity contribution in [1.82, 2.24) is 5.32 Å². The summed E-state index contributed by atoms with van der Waals surface area (Å²) < 4.78 is 0. The highest BCUT2D eigenvalue weighted by molar-refractivity contribution is 5.89. The summed E-state index contributed by atoms with van der Waals surface area (Å²) in [6.07, 6.45) is 1.08. The third-order valence-corrected chi connectivity index (χ3v) is 2.48. The zero-order valence-corrected chi connectivity index (χ0v) is 10.2. The molecule has 4 heteroatoms. The number of carbonyl (C=O) groups is 1. The third-order valence-electron chi connectivity index (χ3n) is 2.48. The Morgan fingerprint density at radius 2 is 2.06 bits per heavy atom. The number of amides is 2. The van der Waals surface area contributed by atoms with Crippen LogP contribution in [0.3, 0.4) is 0 Å². The molecule has 2 N–H and O–H groups in total. The van der Waals surface area contributed by atoms with E-state index in [0.717, 1.165) is 17.7 Å². The number of urea groups is 1. The lowest BCUT2D eigenvalue weighted by atomic mass is 10.2. The molecule has 0 bridgehead atoms. The highest BCUT2D eigenvalue weighted by Crippen LogP contribution is 2.08. The topological polar surface area (TPSA) is 64.9 Å². The van der Waals surface area contributed by atoms with E-state index in [2.05, 4.69) is 16.7 Å². The van der Waals surface area contributed by atoms with E-state index in [1.165, 1.54) is 0 Å². The van der Waals surface area contributed by atoms with E-state index in [9.17, 15) is 4.79 Å². The number of nitriles is 1. The third kappa shape index (κ3) is 4.56. The molecular formula is C13H17N3O. The van der Waals surface area contributed by atoms with Crippen LogP contribution in [0.4, 0.5) is 10.5 Å². The van der Waals surface area contributed by atoms with Crippen molar-refractivity contribution in [3.63, 3.8) is 0 Å². The number of benzene rings is 1. The van der Waals surface area contributed by atoms with Crippen molar-refractivity contribution in [3.05, 3.63) is 29.8 Å². The molecule has 1 rings (SSSR count). The zero-order valence-electron chi connectivity index (χ0n) is 10.2. The first-order valence-corrected chi connectivity index (χ1v) is 5.66. The lowest BCUT2D eigenvalue weighted by Gasteiger charge is -2.14. The monoisotopic (exact) mass is 231 g/mol. The standard InChI is InChI=1S/C13H17N3O/c1-3-11(8-9-14)15-13(17)16-12-6-4-10(2)5-7-12/h4-7,11H,3,8H2,1-2H3,(H2,15,16,17). The van der Waals surface area contributed by atoms with Gasteiger partial charge < -0.3 is 10.6 Å². The first kappa shape index (κ1) is 13.0. The largest absolute Gasteiger partial charge is 0.334 e. The molecule has 90 valence electrons. The fourth-order valence-corrected chi connectivity index (χ4v) is 1.40. The Labute approximate surface area is 102 Å². The van der Waals surface area contributed by atoms with E-state index in [4.69, 9.17) is 5.26 Å². The predicted octanol–water partition coefficient (Wildman–Crippen LogP) is 2.81. The molecule has 0 saturated heterocycles. The van der Waals surface area contributed by atoms with Crippen molar-refractivity contribution < 1.29 is 4.79 Å². The van der Waals surface area contributed by atoms with E-state index in [0.29, 0.717) is 6.42 Å². The first-order chi connectivity index (χ1) is 8.15. The molecule has 1 unspecified atom stereocenters. The molecule has 0 spiro atoms. The highest BCUT2D eigenvalue weighted by Gasteiger charge is 2.09. The van der Waals surface area contributed by atoms with Crippen LogP contribution in [-0.4, -0.2) is 12.1 Å². The number of nitrogens with one attached hydrogen (secondary N) is 2. The predicted molar refractivity (Wildman–Crippen MR) is 67.6 cm³/mol. The number of rotatable bonds is 4. The molecule has 0 heterocycles. The Hall–Kier alpha value is -2.02. The van der Waals surface area contributed by atoms with Gasteiger partial charge in [-0.2, -0.15) is 5.26 Å². The summed E-state index contributed by atoms with van der Waals surface area (Å²) in [4.78, 5) is 11.6. The van der Waals surface area contributed by atoms with Crippen molar-refractivity contribution in [2.75, 3.05) is 5.32 Å². The molecule has 0 aliphatic carbocycles. The van der Waals surface area contributed by atoms with Gasteiger partial charge >= 0.3 is 6.03 Å². The van der Waals surface area contributed by atoms with Gasteiger partial charge in [0.25, 0.3) is 0 Å². The second kappa shape index (κ2) is 6.54. The van der Waals surface area contributed by atoms with Gasteiger partial charge in [0.05, 0.1) is 12.5 Å². The van der Waals surface area contributed by atoms with Crippen LogP contribution < -0.4 is 10.6 Å². The van der Waals surface area contributed by atoms with E-state index in [1.54, 1.807) is 0 Å². The minimum absolute atomic E-state index is 0.0922. The lowest BCUT2D eigenvalue weighted by Crippen LogP contribution is -2.37. The van der Waals surface area contributed by atoms with Gasteiger partial charge in [-0.15, -0.1) is 0 Å². The summed E-state index contributed by atoms with van der Waals surface area (Å²) >= 11 is 0. The van der Waals surface area contributed by atoms with E-state index < -0.39 is 0 Å². The van der Waals surface area contributed by atoms with Gasteiger partial charge in [-0.05, 0) is 25.5 Å². The van der Waals surface area contributed by atoms with Crippen molar-refractivity contribution in [3.8, 4) is 6.07 Å². The molecule has 1 atom stereocenters. The number of hydrogen-bond donors (Lipinski definition) is 2. The van der Waals surface area contributed by atoms with Crippen molar-refractivity contribution in [2.24, 2.45) is 0 Å². The number of nitrogens with zero attached hydrogens (tertiary/aromatic N) is 1. The molecule has 0 fully saturated rings. The lowest BCUT2D eigenvalue weighted by molar-refractivity contribution is 0.248. The van der Waals surface area contributed by atoms with E-state index in [-0.39, 0.29) is 12.1 Å². The molecular weight excluding hydrogens is 214 g/mol. The van der Waals surface area contributed by atoms with Gasteiger partial charge in [0.2, 0.25) is 0 Å². The molecule has 0 aliphatic heterocycles. The Morgan fingerprint density at radius 1 is 1.41 bits per heavy atom. The van der Waals surface area contributed by atoms with Gasteiger partial charge in [0.1, 0.15) is 0 Å². The average molecular weight is 231 g/mol. The van der Waals surface area contributed by atoms with Crippen LogP contribution in [0, 0.1) is 18.3 Å². The van der Waals surface area contributed by atoms with Crippen LogP contribution in [0.1, 0.15) is 25.3 Å². The summed E-state index contributed by atoms with van der Waals surface area (Å²) in [6.45, 7) is 3.93. The maximum atomic E-state index is 11.6. The van der Waals surface area contributed by atoms with Crippen LogP contribution in [0.2, 0.25) is 0 Å². The van der Waals surface area contributed by atoms with E-state index in [1.807, 2.05) is 38.1 Å². The molecule has 17 heavy (non-hydrogen) atoms. The molecule has 1 aromatic rings. The Balaban J connectivity index is 2.49. The minimum Gasteiger partial charge on any atom is -0.334 e. The second-order valence-corrected chi connectivity index (χ2v) is 3.93. The summed E-state index contributed by atoms with van der Waals surface area (Å²) in [5.41, 5.74) is 1.90. The molecule has 1 aromatic carbocycles. The second-order valence-electron chi connectivity index (χ2n) is 3.93. The van der Waals surface area contributed by atoms with Crippen molar-refractivity contribution >= 4 is 11.7 Å². The summed E-state index contributed by atoms with van der Waals surface area (Å²) in [7, 11) is 0. The molecule has 2 amide bonds. The molecule has 4 nitrogen and oxygen atoms in total. The fourth-order valence-electron chi connectivity index (χ4n) is 1.40. The van der Waals surface area contributed by atoms with Gasteiger partial charge in [-0.1, -0.05) is 24.6 Å². The van der Waals surface area contributed by atoms with E-state index >= 15 is 0 Å². The molecule has 0 radical (unpaired) electrons. The SMILES string of the molecule is CCC(CC#N)NC(=O)Nc1ccc(C)cc1. The van der Waals surface area contributed by atoms with Gasteiger partial charge in [-0.25, -0.2) is 4.79 Å². The van der Waals surface area contributed by atoms with Crippen LogP contribution in [0.5, 0.6) is 0 Å². The smallest absolute Gasteiger partial charge is 0.319 e. The zero-order chi connectivity index (χ0) is 12.7. The quantitative estimate of drug-likeness (QED) is 0.836. The molecule has 0 saturated carbocycles. The minimum atomic E-state index is -0.268. The average Bonchev–Trinajstić information content (AvgIpc) is 2.31. The normalized spacial score (nSPS) is 11.4. The van der Waals surface area contributed by atoms with Gasteiger partial charge in [0, 0.05) is 11.7 Å². The summed E-state index contributed by atoms with van der Waals surface area (Å²) in [6, 6.07) is 9.25. The maximum absolute atomic E-state index is 11.6. The maximum Gasteiger partial charge on any atom is 0.319 e. The van der Waals surface area contributed by atoms with Crippen LogP contribution in [0.15, 0.2) is 24.3 Å². The summed E-state index contributed by atoms with van der Waals surface area (Å²) in [5.74, 6) is 0. The number of anilines is 1. The van der Waals surface area contributed by atoms with Crippen LogP contribution in [0.25, 0.3) is 0 Å². The van der Waals surface area contributed by atoms with Gasteiger partial charge in [-0.3, -0.25) is 0 Å². The number of carbonyl (C=O) groups excluding carboxylic acids is 1. The Morgan fingerprint density at radius 3 is 2.59 bits per heavy atom. The molecule has 0 aliphatic rings. The molecule has 0 aromatic heterocycles. The first-order valence-electron chi connectivity index (χ1n) is 5.66.